The molecule has 1 atom stereocenters. The molecule has 1 fully saturated rings. The Bertz CT molecular complexity index is 464. The van der Waals surface area contributed by atoms with Gasteiger partial charge in [0.25, 0.3) is 0 Å². The van der Waals surface area contributed by atoms with E-state index < -0.39 is 29.9 Å². The van der Waals surface area contributed by atoms with Crippen molar-refractivity contribution in [2.45, 2.75) is 12.6 Å². The first-order chi connectivity index (χ1) is 8.85. The molecule has 0 aromatic heterocycles. The number of carbonyl (C=O) groups is 1. The summed E-state index contributed by atoms with van der Waals surface area (Å²) < 4.78 is 51.9. The van der Waals surface area contributed by atoms with E-state index in [0.717, 1.165) is 12.1 Å². The summed E-state index contributed by atoms with van der Waals surface area (Å²) in [6.45, 7) is -0.306. The molecule has 0 spiro atoms. The molecule has 2 rings (SSSR count). The Hall–Kier alpha value is -1.63. The van der Waals surface area contributed by atoms with Crippen molar-refractivity contribution < 1.29 is 22.4 Å². The Morgan fingerprint density at radius 1 is 1.26 bits per heavy atom. The zero-order valence-electron chi connectivity index (χ0n) is 9.85. The van der Waals surface area contributed by atoms with Gasteiger partial charge in [-0.3, -0.25) is 4.79 Å². The van der Waals surface area contributed by atoms with Crippen LogP contribution in [0.5, 0.6) is 0 Å². The van der Waals surface area contributed by atoms with Gasteiger partial charge < -0.3 is 10.6 Å². The normalized spacial score (nSPS) is 23.4. The lowest BCUT2D eigenvalue weighted by Gasteiger charge is -2.29. The van der Waals surface area contributed by atoms with Gasteiger partial charge in [-0.1, -0.05) is 0 Å². The minimum absolute atomic E-state index is 0.135. The van der Waals surface area contributed by atoms with Crippen LogP contribution in [0.3, 0.4) is 0 Å². The van der Waals surface area contributed by atoms with Crippen LogP contribution in [0.2, 0.25) is 0 Å². The third-order valence-corrected chi connectivity index (χ3v) is 3.23. The van der Waals surface area contributed by atoms with Crippen molar-refractivity contribution >= 4 is 11.6 Å². The fourth-order valence-electron chi connectivity index (χ4n) is 2.04. The molecule has 0 radical (unpaired) electrons. The number of alkyl halides is 3. The molecule has 0 bridgehead atoms. The lowest BCUT2D eigenvalue weighted by Crippen LogP contribution is -2.49. The van der Waals surface area contributed by atoms with Crippen LogP contribution in [0.4, 0.5) is 23.2 Å². The number of hydrogen-bond donors (Lipinski definition) is 2. The zero-order chi connectivity index (χ0) is 14.1. The molecule has 19 heavy (non-hydrogen) atoms. The van der Waals surface area contributed by atoms with Gasteiger partial charge in [0, 0.05) is 12.2 Å². The second-order valence-electron chi connectivity index (χ2n) is 4.47. The topological polar surface area (TPSA) is 41.1 Å². The molecule has 0 saturated carbocycles. The first-order valence-electron chi connectivity index (χ1n) is 5.70. The average Bonchev–Trinajstić information content (AvgIpc) is 2.82. The van der Waals surface area contributed by atoms with E-state index in [-0.39, 0.29) is 18.7 Å². The monoisotopic (exact) mass is 276 g/mol. The lowest BCUT2D eigenvalue weighted by molar-refractivity contribution is -0.213. The Balaban J connectivity index is 2.19. The van der Waals surface area contributed by atoms with Crippen molar-refractivity contribution in [3.8, 4) is 0 Å². The second kappa shape index (κ2) is 4.80. The fraction of sp³-hybridized carbons (Fsp3) is 0.417. The van der Waals surface area contributed by atoms with Crippen LogP contribution < -0.4 is 10.6 Å². The van der Waals surface area contributed by atoms with Crippen molar-refractivity contribution in [2.75, 3.05) is 18.4 Å². The van der Waals surface area contributed by atoms with E-state index in [4.69, 9.17) is 0 Å². The number of rotatable bonds is 2. The number of benzene rings is 1. The summed E-state index contributed by atoms with van der Waals surface area (Å²) in [6, 6.07) is 4.59. The summed E-state index contributed by atoms with van der Waals surface area (Å²) in [6.07, 6.45) is -4.93. The molecule has 104 valence electrons. The van der Waals surface area contributed by atoms with E-state index in [1.165, 1.54) is 12.1 Å². The second-order valence-corrected chi connectivity index (χ2v) is 4.47. The van der Waals surface area contributed by atoms with Gasteiger partial charge in [-0.2, -0.15) is 13.2 Å². The summed E-state index contributed by atoms with van der Waals surface area (Å²) in [5.41, 5.74) is -2.27. The molecule has 7 heteroatoms. The molecular weight excluding hydrogens is 264 g/mol. The quantitative estimate of drug-likeness (QED) is 0.814. The highest BCUT2D eigenvalue weighted by Gasteiger charge is 2.61. The predicted molar refractivity (Wildman–Crippen MR) is 61.0 cm³/mol. The first kappa shape index (κ1) is 13.8. The summed E-state index contributed by atoms with van der Waals surface area (Å²) in [5, 5.41) is 4.75. The van der Waals surface area contributed by atoms with Gasteiger partial charge in [0.05, 0.1) is 0 Å². The van der Waals surface area contributed by atoms with Gasteiger partial charge >= 0.3 is 6.18 Å². The molecule has 2 N–H and O–H groups in total. The number of anilines is 1. The standard InChI is InChI=1S/C12H12F4N2O/c13-8-1-3-9(4-2-8)18-10(19)11(12(14,15)16)5-6-17-7-11/h1-4,17H,5-7H2,(H,18,19). The van der Waals surface area contributed by atoms with Crippen molar-refractivity contribution in [3.05, 3.63) is 30.1 Å². The van der Waals surface area contributed by atoms with Crippen LogP contribution in [0.25, 0.3) is 0 Å². The van der Waals surface area contributed by atoms with Gasteiger partial charge in [0.15, 0.2) is 5.41 Å². The summed E-state index contributed by atoms with van der Waals surface area (Å²) in [7, 11) is 0. The van der Waals surface area contributed by atoms with Gasteiger partial charge in [0.2, 0.25) is 5.91 Å². The highest BCUT2D eigenvalue weighted by Crippen LogP contribution is 2.43. The van der Waals surface area contributed by atoms with Crippen LogP contribution in [0.1, 0.15) is 6.42 Å². The Kier molecular flexibility index (Phi) is 3.49. The molecule has 1 aliphatic heterocycles. The minimum atomic E-state index is -4.62. The van der Waals surface area contributed by atoms with Crippen molar-refractivity contribution in [1.29, 1.82) is 0 Å². The Labute approximate surface area is 107 Å². The van der Waals surface area contributed by atoms with Crippen LogP contribution in [0, 0.1) is 11.2 Å². The smallest absolute Gasteiger partial charge is 0.325 e. The number of carbonyl (C=O) groups excluding carboxylic acids is 1. The highest BCUT2D eigenvalue weighted by molar-refractivity contribution is 5.96. The molecule has 1 amide bonds. The maximum Gasteiger partial charge on any atom is 0.404 e. The minimum Gasteiger partial charge on any atom is -0.325 e. The molecule has 0 aliphatic carbocycles. The molecule has 1 unspecified atom stereocenters. The van der Waals surface area contributed by atoms with E-state index >= 15 is 0 Å². The Morgan fingerprint density at radius 2 is 1.89 bits per heavy atom. The molecule has 1 heterocycles. The third-order valence-electron chi connectivity index (χ3n) is 3.23. The molecule has 1 aliphatic rings. The summed E-state index contributed by atoms with van der Waals surface area (Å²) in [4.78, 5) is 11.9. The van der Waals surface area contributed by atoms with Crippen LogP contribution in [0.15, 0.2) is 24.3 Å². The van der Waals surface area contributed by atoms with Gasteiger partial charge in [-0.25, -0.2) is 4.39 Å². The van der Waals surface area contributed by atoms with E-state index in [2.05, 4.69) is 10.6 Å². The number of hydrogen-bond acceptors (Lipinski definition) is 2. The first-order valence-corrected chi connectivity index (χ1v) is 5.70. The number of amides is 1. The lowest BCUT2D eigenvalue weighted by atomic mass is 9.85. The maximum atomic E-state index is 13.1. The summed E-state index contributed by atoms with van der Waals surface area (Å²) in [5.74, 6) is -1.64. The van der Waals surface area contributed by atoms with Gasteiger partial charge in [-0.15, -0.1) is 0 Å². The molecule has 1 aromatic carbocycles. The van der Waals surface area contributed by atoms with Gasteiger partial charge in [-0.05, 0) is 37.2 Å². The molecule has 1 saturated heterocycles. The molecule has 3 nitrogen and oxygen atoms in total. The van der Waals surface area contributed by atoms with Gasteiger partial charge in [0.1, 0.15) is 5.82 Å². The van der Waals surface area contributed by atoms with E-state index in [1.54, 1.807) is 0 Å². The SMILES string of the molecule is O=C(Nc1ccc(F)cc1)C1(C(F)(F)F)CCNC1. The molecule has 1 aromatic rings. The van der Waals surface area contributed by atoms with E-state index in [0.29, 0.717) is 0 Å². The average molecular weight is 276 g/mol. The maximum absolute atomic E-state index is 13.1. The van der Waals surface area contributed by atoms with Crippen LogP contribution in [-0.2, 0) is 4.79 Å². The molecular formula is C12H12F4N2O. The summed E-state index contributed by atoms with van der Waals surface area (Å²) >= 11 is 0. The largest absolute Gasteiger partial charge is 0.404 e. The predicted octanol–water partition coefficient (Wildman–Crippen LogP) is 2.31. The highest BCUT2D eigenvalue weighted by atomic mass is 19.4. The Morgan fingerprint density at radius 3 is 2.37 bits per heavy atom. The fourth-order valence-corrected chi connectivity index (χ4v) is 2.04. The van der Waals surface area contributed by atoms with Crippen LogP contribution >= 0.6 is 0 Å². The zero-order valence-corrected chi connectivity index (χ0v) is 9.85. The van der Waals surface area contributed by atoms with Crippen LogP contribution in [-0.4, -0.2) is 25.2 Å². The van der Waals surface area contributed by atoms with Crippen molar-refractivity contribution in [1.82, 2.24) is 5.32 Å². The number of halogens is 4. The van der Waals surface area contributed by atoms with E-state index in [1.807, 2.05) is 0 Å². The van der Waals surface area contributed by atoms with Crippen molar-refractivity contribution in [2.24, 2.45) is 5.41 Å². The van der Waals surface area contributed by atoms with E-state index in [9.17, 15) is 22.4 Å². The number of nitrogens with one attached hydrogen (secondary N) is 2. The third kappa shape index (κ3) is 2.56. The van der Waals surface area contributed by atoms with Crippen molar-refractivity contribution in [3.63, 3.8) is 0 Å².